The lowest BCUT2D eigenvalue weighted by molar-refractivity contribution is -0.113. The van der Waals surface area contributed by atoms with Crippen LogP contribution in [0.25, 0.3) is 0 Å². The van der Waals surface area contributed by atoms with Gasteiger partial charge >= 0.3 is 0 Å². The molecule has 11 heteroatoms. The van der Waals surface area contributed by atoms with Crippen LogP contribution in [0.1, 0.15) is 44.3 Å². The fourth-order valence-electron chi connectivity index (χ4n) is 3.90. The highest BCUT2D eigenvalue weighted by Crippen LogP contribution is 2.29. The zero-order chi connectivity index (χ0) is 21.8. The maximum atomic E-state index is 12.9. The fraction of sp³-hybridized carbons (Fsp3) is 0.550. The number of nitrogens with zero attached hydrogens (tertiary/aromatic N) is 4. The molecule has 0 radical (unpaired) electrons. The van der Waals surface area contributed by atoms with Crippen LogP contribution >= 0.6 is 23.4 Å². The lowest BCUT2D eigenvalue weighted by atomic mass is 10.2. The van der Waals surface area contributed by atoms with Crippen LogP contribution in [0.15, 0.2) is 28.3 Å². The molecule has 0 saturated carbocycles. The number of carbonyl (C=O) groups is 1. The van der Waals surface area contributed by atoms with E-state index >= 15 is 0 Å². The van der Waals surface area contributed by atoms with E-state index in [0.717, 1.165) is 56.1 Å². The van der Waals surface area contributed by atoms with Gasteiger partial charge in [0.2, 0.25) is 15.9 Å². The van der Waals surface area contributed by atoms with Crippen molar-refractivity contribution < 1.29 is 13.2 Å². The van der Waals surface area contributed by atoms with Gasteiger partial charge in [-0.1, -0.05) is 36.2 Å². The summed E-state index contributed by atoms with van der Waals surface area (Å²) in [5, 5.41) is 12.2. The van der Waals surface area contributed by atoms with Gasteiger partial charge in [-0.3, -0.25) is 4.79 Å². The van der Waals surface area contributed by atoms with Gasteiger partial charge in [0.15, 0.2) is 5.16 Å². The number of piperidine rings is 1. The van der Waals surface area contributed by atoms with Gasteiger partial charge in [0.1, 0.15) is 5.82 Å². The van der Waals surface area contributed by atoms with E-state index in [9.17, 15) is 13.2 Å². The summed E-state index contributed by atoms with van der Waals surface area (Å²) < 4.78 is 29.4. The summed E-state index contributed by atoms with van der Waals surface area (Å²) >= 11 is 7.56. The Morgan fingerprint density at radius 1 is 1.06 bits per heavy atom. The molecule has 4 rings (SSSR count). The van der Waals surface area contributed by atoms with Crippen LogP contribution in [0.4, 0.5) is 5.69 Å². The second kappa shape index (κ2) is 9.89. The number of fused-ring (bicyclic) bond motifs is 1. The highest BCUT2D eigenvalue weighted by molar-refractivity contribution is 7.99. The first kappa shape index (κ1) is 22.6. The molecule has 0 aliphatic carbocycles. The molecule has 168 valence electrons. The molecule has 0 bridgehead atoms. The molecule has 2 aromatic rings. The summed E-state index contributed by atoms with van der Waals surface area (Å²) in [6, 6.07) is 4.44. The average molecular weight is 484 g/mol. The first-order chi connectivity index (χ1) is 14.9. The Balaban J connectivity index is 1.42. The standard InChI is InChI=1S/C20H26ClN5O3S2/c21-16-9-8-15(31(28,29)25-10-4-2-5-11-25)13-17(16)22-19(27)14-30-20-24-23-18-7-3-1-6-12-26(18)20/h8-9,13H,1-7,10-12,14H2,(H,22,27). The van der Waals surface area contributed by atoms with Crippen molar-refractivity contribution in [1.29, 1.82) is 0 Å². The molecule has 2 aliphatic rings. The van der Waals surface area contributed by atoms with Crippen LogP contribution in [0.5, 0.6) is 0 Å². The van der Waals surface area contributed by atoms with Crippen molar-refractivity contribution in [3.8, 4) is 0 Å². The molecule has 31 heavy (non-hydrogen) atoms. The van der Waals surface area contributed by atoms with E-state index in [2.05, 4.69) is 20.1 Å². The second-order valence-corrected chi connectivity index (χ2v) is 11.1. The number of thioether (sulfide) groups is 1. The average Bonchev–Trinajstić information content (AvgIpc) is 3.00. The van der Waals surface area contributed by atoms with E-state index < -0.39 is 10.0 Å². The Labute approximate surface area is 191 Å². The summed E-state index contributed by atoms with van der Waals surface area (Å²) in [5.41, 5.74) is 0.297. The summed E-state index contributed by atoms with van der Waals surface area (Å²) in [5.74, 6) is 0.835. The number of carbonyl (C=O) groups excluding carboxylic acids is 1. The largest absolute Gasteiger partial charge is 0.324 e. The number of rotatable bonds is 6. The highest BCUT2D eigenvalue weighted by Gasteiger charge is 2.26. The summed E-state index contributed by atoms with van der Waals surface area (Å²) in [6.45, 7) is 1.91. The van der Waals surface area contributed by atoms with Crippen molar-refractivity contribution >= 4 is 45.0 Å². The number of halogens is 1. The Morgan fingerprint density at radius 2 is 1.81 bits per heavy atom. The van der Waals surface area contributed by atoms with Crippen LogP contribution in [-0.2, 0) is 27.8 Å². The highest BCUT2D eigenvalue weighted by atomic mass is 35.5. The molecule has 1 fully saturated rings. The van der Waals surface area contributed by atoms with E-state index in [1.54, 1.807) is 0 Å². The van der Waals surface area contributed by atoms with Gasteiger partial charge < -0.3 is 9.88 Å². The Hall–Kier alpha value is -1.62. The van der Waals surface area contributed by atoms with Gasteiger partial charge in [0.25, 0.3) is 0 Å². The Morgan fingerprint density at radius 3 is 2.61 bits per heavy atom. The van der Waals surface area contributed by atoms with Crippen molar-refractivity contribution in [2.75, 3.05) is 24.2 Å². The number of aromatic nitrogens is 3. The summed E-state index contributed by atoms with van der Waals surface area (Å²) in [6.07, 6.45) is 7.04. The second-order valence-electron chi connectivity index (χ2n) is 7.80. The SMILES string of the molecule is O=C(CSc1nnc2n1CCCCC2)Nc1cc(S(=O)(=O)N2CCCCC2)ccc1Cl. The minimum Gasteiger partial charge on any atom is -0.324 e. The number of sulfonamides is 1. The third-order valence-electron chi connectivity index (χ3n) is 5.57. The van der Waals surface area contributed by atoms with E-state index in [-0.39, 0.29) is 16.6 Å². The lowest BCUT2D eigenvalue weighted by Crippen LogP contribution is -2.35. The van der Waals surface area contributed by atoms with Crippen LogP contribution in [0.2, 0.25) is 5.02 Å². The van der Waals surface area contributed by atoms with E-state index in [1.165, 1.54) is 40.7 Å². The van der Waals surface area contributed by atoms with Gasteiger partial charge in [-0.25, -0.2) is 8.42 Å². The maximum Gasteiger partial charge on any atom is 0.243 e. The van der Waals surface area contributed by atoms with Crippen LogP contribution in [0.3, 0.4) is 0 Å². The molecule has 1 aromatic carbocycles. The van der Waals surface area contributed by atoms with Gasteiger partial charge in [0, 0.05) is 26.1 Å². The lowest BCUT2D eigenvalue weighted by Gasteiger charge is -2.26. The quantitative estimate of drug-likeness (QED) is 0.631. The van der Waals surface area contributed by atoms with Gasteiger partial charge in [-0.05, 0) is 43.9 Å². The molecule has 0 unspecified atom stereocenters. The molecule has 1 N–H and O–H groups in total. The van der Waals surface area contributed by atoms with Gasteiger partial charge in [0.05, 0.1) is 21.4 Å². The van der Waals surface area contributed by atoms with E-state index in [1.807, 2.05) is 0 Å². The van der Waals surface area contributed by atoms with Crippen LogP contribution in [0, 0.1) is 0 Å². The molecule has 2 aliphatic heterocycles. The molecule has 1 amide bonds. The number of anilines is 1. The number of hydrogen-bond donors (Lipinski definition) is 1. The monoisotopic (exact) mass is 483 g/mol. The smallest absolute Gasteiger partial charge is 0.243 e. The molecule has 0 spiro atoms. The van der Waals surface area contributed by atoms with E-state index in [4.69, 9.17) is 11.6 Å². The minimum absolute atomic E-state index is 0.136. The predicted molar refractivity (Wildman–Crippen MR) is 121 cm³/mol. The zero-order valence-electron chi connectivity index (χ0n) is 17.2. The Kier molecular flexibility index (Phi) is 7.20. The number of amides is 1. The summed E-state index contributed by atoms with van der Waals surface area (Å²) in [7, 11) is -3.60. The molecule has 8 nitrogen and oxygen atoms in total. The fourth-order valence-corrected chi connectivity index (χ4v) is 6.39. The number of benzene rings is 1. The number of hydrogen-bond acceptors (Lipinski definition) is 6. The van der Waals surface area contributed by atoms with Crippen LogP contribution < -0.4 is 5.32 Å². The molecule has 1 aromatic heterocycles. The topological polar surface area (TPSA) is 97.2 Å². The molecular formula is C20H26ClN5O3S2. The molecule has 1 saturated heterocycles. The normalized spacial score (nSPS) is 17.7. The number of nitrogens with one attached hydrogen (secondary N) is 1. The molecular weight excluding hydrogens is 458 g/mol. The van der Waals surface area contributed by atoms with Gasteiger partial charge in [-0.2, -0.15) is 4.31 Å². The third-order valence-corrected chi connectivity index (χ3v) is 8.76. The molecule has 3 heterocycles. The van der Waals surface area contributed by atoms with Gasteiger partial charge in [-0.15, -0.1) is 10.2 Å². The predicted octanol–water partition coefficient (Wildman–Crippen LogP) is 3.56. The van der Waals surface area contributed by atoms with Crippen LogP contribution in [-0.4, -0.2) is 52.2 Å². The van der Waals surface area contributed by atoms with Crippen molar-refractivity contribution in [2.24, 2.45) is 0 Å². The van der Waals surface area contributed by atoms with Crippen molar-refractivity contribution in [1.82, 2.24) is 19.1 Å². The van der Waals surface area contributed by atoms with Crippen molar-refractivity contribution in [3.63, 3.8) is 0 Å². The number of aryl methyl sites for hydroxylation is 1. The van der Waals surface area contributed by atoms with Crippen molar-refractivity contribution in [2.45, 2.75) is 61.5 Å². The maximum absolute atomic E-state index is 12.9. The first-order valence-electron chi connectivity index (χ1n) is 10.6. The Bertz CT molecular complexity index is 1050. The first-order valence-corrected chi connectivity index (χ1v) is 13.4. The zero-order valence-corrected chi connectivity index (χ0v) is 19.6. The minimum atomic E-state index is -3.60. The summed E-state index contributed by atoms with van der Waals surface area (Å²) in [4.78, 5) is 12.7. The van der Waals surface area contributed by atoms with Crippen molar-refractivity contribution in [3.05, 3.63) is 29.0 Å². The molecule has 0 atom stereocenters. The third kappa shape index (κ3) is 5.24. The van der Waals surface area contributed by atoms with E-state index in [0.29, 0.717) is 23.8 Å².